The van der Waals surface area contributed by atoms with Crippen molar-refractivity contribution < 1.29 is 9.53 Å². The van der Waals surface area contributed by atoms with E-state index in [1.807, 2.05) is 6.07 Å². The summed E-state index contributed by atoms with van der Waals surface area (Å²) in [6.07, 6.45) is 5.10. The van der Waals surface area contributed by atoms with Crippen molar-refractivity contribution in [2.75, 3.05) is 19.7 Å². The van der Waals surface area contributed by atoms with Crippen molar-refractivity contribution >= 4 is 5.91 Å². The molecule has 0 saturated heterocycles. The Bertz CT molecular complexity index is 500. The fourth-order valence-corrected chi connectivity index (χ4v) is 2.72. The minimum atomic E-state index is -0.127. The quantitative estimate of drug-likeness (QED) is 0.757. The lowest BCUT2D eigenvalue weighted by Gasteiger charge is -2.26. The fraction of sp³-hybridized carbons (Fsp3) is 0.471. The minimum absolute atomic E-state index is 0.0449. The Kier molecular flexibility index (Phi) is 5.81. The third-order valence-electron chi connectivity index (χ3n) is 3.69. The third kappa shape index (κ3) is 4.33. The first-order valence-corrected chi connectivity index (χ1v) is 7.61. The number of carbonyl (C=O) groups excluding carboxylic acids is 1. The van der Waals surface area contributed by atoms with Gasteiger partial charge in [-0.25, -0.2) is 0 Å². The Balaban J connectivity index is 1.97. The van der Waals surface area contributed by atoms with Crippen LogP contribution in [0.1, 0.15) is 36.9 Å². The van der Waals surface area contributed by atoms with Crippen LogP contribution in [-0.2, 0) is 11.2 Å². The van der Waals surface area contributed by atoms with Crippen LogP contribution in [0.5, 0.6) is 5.75 Å². The molecule has 2 N–H and O–H groups in total. The molecule has 4 heteroatoms. The average molecular weight is 288 g/mol. The summed E-state index contributed by atoms with van der Waals surface area (Å²) in [7, 11) is 0. The SMILES string of the molecule is C=CCNC(=O)COc1ccc2c(c1)CCCC2NCC. The Hall–Kier alpha value is -1.81. The molecule has 114 valence electrons. The first kappa shape index (κ1) is 15.6. The highest BCUT2D eigenvalue weighted by molar-refractivity contribution is 5.77. The number of ether oxygens (including phenoxy) is 1. The Morgan fingerprint density at radius 2 is 2.38 bits per heavy atom. The van der Waals surface area contributed by atoms with E-state index < -0.39 is 0 Å². The lowest BCUT2D eigenvalue weighted by atomic mass is 9.87. The van der Waals surface area contributed by atoms with Gasteiger partial charge in [0.15, 0.2) is 6.61 Å². The maximum absolute atomic E-state index is 11.5. The summed E-state index contributed by atoms with van der Waals surface area (Å²) in [6.45, 7) is 7.18. The Morgan fingerprint density at radius 3 is 3.14 bits per heavy atom. The standard InChI is InChI=1S/C17H24N2O2/c1-3-10-19-17(20)12-21-14-8-9-15-13(11-14)6-5-7-16(15)18-4-2/h3,8-9,11,16,18H,1,4-7,10,12H2,2H3,(H,19,20). The van der Waals surface area contributed by atoms with Crippen molar-refractivity contribution in [2.45, 2.75) is 32.2 Å². The summed E-state index contributed by atoms with van der Waals surface area (Å²) >= 11 is 0. The van der Waals surface area contributed by atoms with Gasteiger partial charge in [-0.15, -0.1) is 6.58 Å². The van der Waals surface area contributed by atoms with Crippen LogP contribution in [0.4, 0.5) is 0 Å². The van der Waals surface area contributed by atoms with Gasteiger partial charge in [-0.3, -0.25) is 4.79 Å². The zero-order valence-corrected chi connectivity index (χ0v) is 12.7. The summed E-state index contributed by atoms with van der Waals surface area (Å²) < 4.78 is 5.56. The highest BCUT2D eigenvalue weighted by atomic mass is 16.5. The van der Waals surface area contributed by atoms with Crippen LogP contribution in [0, 0.1) is 0 Å². The van der Waals surface area contributed by atoms with E-state index in [-0.39, 0.29) is 12.5 Å². The molecule has 1 atom stereocenters. The van der Waals surface area contributed by atoms with Gasteiger partial charge in [-0.1, -0.05) is 19.1 Å². The van der Waals surface area contributed by atoms with Crippen molar-refractivity contribution in [3.05, 3.63) is 42.0 Å². The Labute approximate surface area is 126 Å². The molecular weight excluding hydrogens is 264 g/mol. The van der Waals surface area contributed by atoms with Gasteiger partial charge in [0, 0.05) is 12.6 Å². The van der Waals surface area contributed by atoms with Gasteiger partial charge in [0.05, 0.1) is 0 Å². The number of amides is 1. The molecule has 0 fully saturated rings. The molecule has 21 heavy (non-hydrogen) atoms. The van der Waals surface area contributed by atoms with E-state index in [4.69, 9.17) is 4.74 Å². The van der Waals surface area contributed by atoms with E-state index in [1.54, 1.807) is 6.08 Å². The monoisotopic (exact) mass is 288 g/mol. The van der Waals surface area contributed by atoms with Crippen molar-refractivity contribution in [3.8, 4) is 5.75 Å². The fourth-order valence-electron chi connectivity index (χ4n) is 2.72. The number of rotatable bonds is 7. The normalized spacial score (nSPS) is 16.9. The number of carbonyl (C=O) groups is 1. The van der Waals surface area contributed by atoms with E-state index in [0.717, 1.165) is 18.7 Å². The molecule has 2 rings (SSSR count). The van der Waals surface area contributed by atoms with E-state index >= 15 is 0 Å². The van der Waals surface area contributed by atoms with Gasteiger partial charge in [-0.05, 0) is 49.1 Å². The minimum Gasteiger partial charge on any atom is -0.484 e. The van der Waals surface area contributed by atoms with Crippen LogP contribution < -0.4 is 15.4 Å². The molecule has 0 aromatic heterocycles. The molecule has 0 saturated carbocycles. The summed E-state index contributed by atoms with van der Waals surface area (Å²) in [4.78, 5) is 11.5. The molecule has 1 amide bonds. The van der Waals surface area contributed by atoms with E-state index in [1.165, 1.54) is 24.0 Å². The lowest BCUT2D eigenvalue weighted by Crippen LogP contribution is -2.29. The van der Waals surface area contributed by atoms with Gasteiger partial charge in [-0.2, -0.15) is 0 Å². The number of benzene rings is 1. The number of aryl methyl sites for hydroxylation is 1. The first-order valence-electron chi connectivity index (χ1n) is 7.61. The van der Waals surface area contributed by atoms with E-state index in [9.17, 15) is 4.79 Å². The van der Waals surface area contributed by atoms with Gasteiger partial charge in [0.1, 0.15) is 5.75 Å². The van der Waals surface area contributed by atoms with Crippen LogP contribution in [-0.4, -0.2) is 25.6 Å². The maximum Gasteiger partial charge on any atom is 0.258 e. The number of nitrogens with one attached hydrogen (secondary N) is 2. The average Bonchev–Trinajstić information content (AvgIpc) is 2.51. The maximum atomic E-state index is 11.5. The zero-order chi connectivity index (χ0) is 15.1. The molecule has 0 heterocycles. The molecule has 1 aliphatic rings. The molecule has 1 aromatic carbocycles. The van der Waals surface area contributed by atoms with E-state index in [0.29, 0.717) is 12.6 Å². The predicted molar refractivity (Wildman–Crippen MR) is 84.5 cm³/mol. The summed E-state index contributed by atoms with van der Waals surface area (Å²) in [5, 5.41) is 6.22. The highest BCUT2D eigenvalue weighted by Gasteiger charge is 2.19. The summed E-state index contributed by atoms with van der Waals surface area (Å²) in [5.74, 6) is 0.637. The van der Waals surface area contributed by atoms with Crippen LogP contribution >= 0.6 is 0 Å². The van der Waals surface area contributed by atoms with Gasteiger partial charge in [0.25, 0.3) is 5.91 Å². The largest absolute Gasteiger partial charge is 0.484 e. The molecule has 1 unspecified atom stereocenters. The lowest BCUT2D eigenvalue weighted by molar-refractivity contribution is -0.122. The summed E-state index contributed by atoms with van der Waals surface area (Å²) in [6, 6.07) is 6.59. The van der Waals surface area contributed by atoms with Crippen LogP contribution in [0.2, 0.25) is 0 Å². The molecule has 0 aliphatic heterocycles. The molecule has 0 spiro atoms. The van der Waals surface area contributed by atoms with Crippen LogP contribution in [0.15, 0.2) is 30.9 Å². The molecule has 0 radical (unpaired) electrons. The smallest absolute Gasteiger partial charge is 0.258 e. The zero-order valence-electron chi connectivity index (χ0n) is 12.7. The number of fused-ring (bicyclic) bond motifs is 1. The molecule has 4 nitrogen and oxygen atoms in total. The van der Waals surface area contributed by atoms with Gasteiger partial charge < -0.3 is 15.4 Å². The third-order valence-corrected chi connectivity index (χ3v) is 3.69. The second-order valence-electron chi connectivity index (χ2n) is 5.24. The number of hydrogen-bond donors (Lipinski definition) is 2. The van der Waals surface area contributed by atoms with Crippen molar-refractivity contribution in [1.29, 1.82) is 0 Å². The van der Waals surface area contributed by atoms with E-state index in [2.05, 4.69) is 36.3 Å². The summed E-state index contributed by atoms with van der Waals surface area (Å²) in [5.41, 5.74) is 2.70. The predicted octanol–water partition coefficient (Wildman–Crippen LogP) is 2.35. The molecular formula is C17H24N2O2. The highest BCUT2D eigenvalue weighted by Crippen LogP contribution is 2.32. The second kappa shape index (κ2) is 7.84. The second-order valence-corrected chi connectivity index (χ2v) is 5.24. The molecule has 1 aromatic rings. The number of hydrogen-bond acceptors (Lipinski definition) is 3. The van der Waals surface area contributed by atoms with Crippen LogP contribution in [0.25, 0.3) is 0 Å². The molecule has 0 bridgehead atoms. The topological polar surface area (TPSA) is 50.4 Å². The van der Waals surface area contributed by atoms with Gasteiger partial charge >= 0.3 is 0 Å². The van der Waals surface area contributed by atoms with Crippen molar-refractivity contribution in [2.24, 2.45) is 0 Å². The van der Waals surface area contributed by atoms with Gasteiger partial charge in [0.2, 0.25) is 0 Å². The van der Waals surface area contributed by atoms with Crippen molar-refractivity contribution in [3.63, 3.8) is 0 Å². The molecule has 1 aliphatic carbocycles. The van der Waals surface area contributed by atoms with Crippen molar-refractivity contribution in [1.82, 2.24) is 10.6 Å². The Morgan fingerprint density at radius 1 is 1.52 bits per heavy atom. The van der Waals surface area contributed by atoms with Crippen LogP contribution in [0.3, 0.4) is 0 Å². The first-order chi connectivity index (χ1) is 10.2.